The molecule has 8 heteroatoms. The Morgan fingerprint density at radius 1 is 1.17 bits per heavy atom. The predicted molar refractivity (Wildman–Crippen MR) is 118 cm³/mol. The second-order valence-electron chi connectivity index (χ2n) is 8.46. The van der Waals surface area contributed by atoms with Gasteiger partial charge in [0.1, 0.15) is 0 Å². The maximum Gasteiger partial charge on any atom is 0.328 e. The van der Waals surface area contributed by atoms with Gasteiger partial charge in [-0.2, -0.15) is 0 Å². The summed E-state index contributed by atoms with van der Waals surface area (Å²) < 4.78 is 0. The van der Waals surface area contributed by atoms with Crippen molar-refractivity contribution in [2.24, 2.45) is 5.92 Å². The fourth-order valence-corrected chi connectivity index (χ4v) is 4.33. The van der Waals surface area contributed by atoms with E-state index in [0.717, 1.165) is 32.5 Å². The Morgan fingerprint density at radius 2 is 1.90 bits per heavy atom. The number of amides is 4. The highest BCUT2D eigenvalue weighted by atomic mass is 35.5. The van der Waals surface area contributed by atoms with E-state index in [1.165, 1.54) is 24.2 Å². The molecule has 0 aliphatic carbocycles. The van der Waals surface area contributed by atoms with Crippen LogP contribution in [0.3, 0.4) is 0 Å². The molecule has 1 aromatic rings. The molecule has 0 bridgehead atoms. The molecule has 0 atom stereocenters. The molecule has 0 spiro atoms. The van der Waals surface area contributed by atoms with Crippen LogP contribution in [0.25, 0.3) is 0 Å². The third kappa shape index (κ3) is 5.73. The van der Waals surface area contributed by atoms with Gasteiger partial charge in [0.15, 0.2) is 0 Å². The monoisotopic (exact) mass is 434 g/mol. The fraction of sp³-hybridized carbons (Fsp3) is 0.591. The lowest BCUT2D eigenvalue weighted by molar-refractivity contribution is -0.120. The van der Waals surface area contributed by atoms with Crippen LogP contribution >= 0.6 is 11.6 Å². The van der Waals surface area contributed by atoms with Crippen molar-refractivity contribution in [3.05, 3.63) is 28.8 Å². The Kier molecular flexibility index (Phi) is 7.72. The van der Waals surface area contributed by atoms with E-state index in [9.17, 15) is 14.4 Å². The quantitative estimate of drug-likeness (QED) is 0.668. The molecule has 1 aromatic carbocycles. The second kappa shape index (κ2) is 10.3. The average Bonchev–Trinajstić information content (AvgIpc) is 2.72. The molecule has 1 N–H and O–H groups in total. The van der Waals surface area contributed by atoms with Crippen molar-refractivity contribution >= 4 is 35.1 Å². The summed E-state index contributed by atoms with van der Waals surface area (Å²) >= 11 is 6.29. The Balaban J connectivity index is 1.57. The van der Waals surface area contributed by atoms with Crippen molar-refractivity contribution in [2.45, 2.75) is 38.5 Å². The SMILES string of the molecule is CN(C)CCCCC1CCN(C(=O)c2ccc(Cl)c(N3CCC(=O)NC3=O)c2)CC1. The van der Waals surface area contributed by atoms with Crippen molar-refractivity contribution in [2.75, 3.05) is 45.2 Å². The van der Waals surface area contributed by atoms with Crippen LogP contribution in [0.4, 0.5) is 10.5 Å². The summed E-state index contributed by atoms with van der Waals surface area (Å²) in [4.78, 5) is 42.1. The van der Waals surface area contributed by atoms with Gasteiger partial charge in [-0.15, -0.1) is 0 Å². The van der Waals surface area contributed by atoms with Gasteiger partial charge in [0, 0.05) is 31.6 Å². The highest BCUT2D eigenvalue weighted by molar-refractivity contribution is 6.34. The van der Waals surface area contributed by atoms with E-state index in [2.05, 4.69) is 24.3 Å². The number of likely N-dealkylation sites (tertiary alicyclic amines) is 1. The van der Waals surface area contributed by atoms with Crippen LogP contribution in [0.5, 0.6) is 0 Å². The van der Waals surface area contributed by atoms with Gasteiger partial charge in [0.05, 0.1) is 10.7 Å². The fourth-order valence-electron chi connectivity index (χ4n) is 4.11. The number of carbonyl (C=O) groups excluding carboxylic acids is 3. The lowest BCUT2D eigenvalue weighted by Gasteiger charge is -2.32. The zero-order chi connectivity index (χ0) is 21.7. The third-order valence-corrected chi connectivity index (χ3v) is 6.23. The molecule has 0 saturated carbocycles. The van der Waals surface area contributed by atoms with Crippen molar-refractivity contribution in [1.29, 1.82) is 0 Å². The molecule has 2 heterocycles. The number of piperidine rings is 1. The van der Waals surface area contributed by atoms with Gasteiger partial charge in [0.25, 0.3) is 5.91 Å². The molecule has 7 nitrogen and oxygen atoms in total. The minimum Gasteiger partial charge on any atom is -0.339 e. The highest BCUT2D eigenvalue weighted by Crippen LogP contribution is 2.30. The van der Waals surface area contributed by atoms with Crippen LogP contribution in [-0.2, 0) is 4.79 Å². The van der Waals surface area contributed by atoms with E-state index in [1.807, 2.05) is 4.90 Å². The van der Waals surface area contributed by atoms with Crippen molar-refractivity contribution in [3.8, 4) is 0 Å². The van der Waals surface area contributed by atoms with E-state index < -0.39 is 6.03 Å². The molecular weight excluding hydrogens is 404 g/mol. The van der Waals surface area contributed by atoms with Gasteiger partial charge in [-0.3, -0.25) is 19.8 Å². The topological polar surface area (TPSA) is 73.0 Å². The maximum absolute atomic E-state index is 13.0. The summed E-state index contributed by atoms with van der Waals surface area (Å²) in [6, 6.07) is 4.50. The Hall–Kier alpha value is -2.12. The number of hydrogen-bond donors (Lipinski definition) is 1. The van der Waals surface area contributed by atoms with Crippen LogP contribution in [-0.4, -0.2) is 67.9 Å². The Bertz CT molecular complexity index is 791. The standard InChI is InChI=1S/C22H31ClN4O3/c1-25(2)11-4-3-5-16-8-12-26(13-9-16)21(29)17-6-7-18(23)19(15-17)27-14-10-20(28)24-22(27)30/h6-7,15-16H,3-5,8-14H2,1-2H3,(H,24,28,30). The smallest absolute Gasteiger partial charge is 0.328 e. The number of imide groups is 1. The van der Waals surface area contributed by atoms with Gasteiger partial charge in [-0.1, -0.05) is 24.4 Å². The van der Waals surface area contributed by atoms with Gasteiger partial charge in [-0.25, -0.2) is 4.79 Å². The van der Waals surface area contributed by atoms with E-state index in [-0.39, 0.29) is 24.8 Å². The molecule has 164 valence electrons. The van der Waals surface area contributed by atoms with Crippen molar-refractivity contribution in [3.63, 3.8) is 0 Å². The maximum atomic E-state index is 13.0. The number of unbranched alkanes of at least 4 members (excludes halogenated alkanes) is 1. The zero-order valence-electron chi connectivity index (χ0n) is 17.8. The molecule has 2 aliphatic rings. The molecule has 2 aliphatic heterocycles. The number of benzene rings is 1. The zero-order valence-corrected chi connectivity index (χ0v) is 18.6. The largest absolute Gasteiger partial charge is 0.339 e. The summed E-state index contributed by atoms with van der Waals surface area (Å²) in [5, 5.41) is 2.67. The lowest BCUT2D eigenvalue weighted by Crippen LogP contribution is -2.49. The minimum absolute atomic E-state index is 0.0348. The lowest BCUT2D eigenvalue weighted by atomic mass is 9.91. The van der Waals surface area contributed by atoms with Gasteiger partial charge in [0.2, 0.25) is 5.91 Å². The number of nitrogens with one attached hydrogen (secondary N) is 1. The Morgan fingerprint density at radius 3 is 2.57 bits per heavy atom. The third-order valence-electron chi connectivity index (χ3n) is 5.91. The van der Waals surface area contributed by atoms with Crippen LogP contribution < -0.4 is 10.2 Å². The Labute approximate surface area is 183 Å². The molecular formula is C22H31ClN4O3. The van der Waals surface area contributed by atoms with Crippen LogP contribution in [0, 0.1) is 5.92 Å². The minimum atomic E-state index is -0.507. The highest BCUT2D eigenvalue weighted by Gasteiger charge is 2.28. The first kappa shape index (κ1) is 22.6. The van der Waals surface area contributed by atoms with Crippen molar-refractivity contribution in [1.82, 2.24) is 15.1 Å². The first-order valence-electron chi connectivity index (χ1n) is 10.7. The number of rotatable bonds is 7. The molecule has 0 radical (unpaired) electrons. The molecule has 2 saturated heterocycles. The van der Waals surface area contributed by atoms with E-state index in [0.29, 0.717) is 22.2 Å². The summed E-state index contributed by atoms with van der Waals surface area (Å²) in [6.07, 6.45) is 5.95. The van der Waals surface area contributed by atoms with Crippen LogP contribution in [0.15, 0.2) is 18.2 Å². The van der Waals surface area contributed by atoms with E-state index in [1.54, 1.807) is 18.2 Å². The molecule has 4 amide bonds. The predicted octanol–water partition coefficient (Wildman–Crippen LogP) is 3.37. The number of carbonyl (C=O) groups is 3. The normalized spacial score (nSPS) is 18.1. The average molecular weight is 435 g/mol. The molecule has 30 heavy (non-hydrogen) atoms. The van der Waals surface area contributed by atoms with Gasteiger partial charge in [-0.05, 0) is 64.0 Å². The van der Waals surface area contributed by atoms with E-state index >= 15 is 0 Å². The number of urea groups is 1. The first-order valence-corrected chi connectivity index (χ1v) is 11.1. The van der Waals surface area contributed by atoms with Crippen LogP contribution in [0.2, 0.25) is 5.02 Å². The van der Waals surface area contributed by atoms with Crippen molar-refractivity contribution < 1.29 is 14.4 Å². The molecule has 3 rings (SSSR count). The molecule has 0 unspecified atom stereocenters. The first-order chi connectivity index (χ1) is 14.3. The van der Waals surface area contributed by atoms with Gasteiger partial charge < -0.3 is 9.80 Å². The summed E-state index contributed by atoms with van der Waals surface area (Å²) in [5.74, 6) is 0.350. The second-order valence-corrected chi connectivity index (χ2v) is 8.86. The summed E-state index contributed by atoms with van der Waals surface area (Å²) in [6.45, 7) is 2.89. The van der Waals surface area contributed by atoms with E-state index in [4.69, 9.17) is 11.6 Å². The number of nitrogens with zero attached hydrogens (tertiary/aromatic N) is 3. The number of halogens is 1. The summed E-state index contributed by atoms with van der Waals surface area (Å²) in [7, 11) is 4.20. The van der Waals surface area contributed by atoms with Gasteiger partial charge >= 0.3 is 6.03 Å². The number of anilines is 1. The summed E-state index contributed by atoms with van der Waals surface area (Å²) in [5.41, 5.74) is 0.979. The molecule has 0 aromatic heterocycles. The van der Waals surface area contributed by atoms with Crippen LogP contribution in [0.1, 0.15) is 48.9 Å². The number of hydrogen-bond acceptors (Lipinski definition) is 4. The molecule has 2 fully saturated rings.